The zero-order chi connectivity index (χ0) is 15.8. The van der Waals surface area contributed by atoms with E-state index in [1.54, 1.807) is 12.1 Å². The summed E-state index contributed by atoms with van der Waals surface area (Å²) in [4.78, 5) is 16.1. The van der Waals surface area contributed by atoms with Crippen LogP contribution in [-0.4, -0.2) is 16.1 Å². The van der Waals surface area contributed by atoms with Crippen molar-refractivity contribution in [1.29, 1.82) is 0 Å². The fourth-order valence-corrected chi connectivity index (χ4v) is 2.37. The van der Waals surface area contributed by atoms with E-state index in [-0.39, 0.29) is 11.0 Å². The molecule has 110 valence electrons. The van der Waals surface area contributed by atoms with Crippen LogP contribution >= 0.6 is 0 Å². The van der Waals surface area contributed by atoms with Crippen LogP contribution in [0.2, 0.25) is 0 Å². The normalized spacial score (nSPS) is 11.5. The monoisotopic (exact) mass is 283 g/mol. The highest BCUT2D eigenvalue weighted by Crippen LogP contribution is 2.29. The molecule has 1 aromatic heterocycles. The summed E-state index contributed by atoms with van der Waals surface area (Å²) < 4.78 is 0. The first kappa shape index (κ1) is 15.2. The molecule has 0 fully saturated rings. The highest BCUT2D eigenvalue weighted by molar-refractivity contribution is 5.89. The lowest BCUT2D eigenvalue weighted by molar-refractivity contribution is 0.0693. The van der Waals surface area contributed by atoms with Crippen LogP contribution in [0.5, 0.6) is 0 Å². The summed E-state index contributed by atoms with van der Waals surface area (Å²) >= 11 is 0. The molecule has 0 atom stereocenters. The third kappa shape index (κ3) is 3.13. The quantitative estimate of drug-likeness (QED) is 0.890. The number of aromatic carboxylic acids is 1. The Bertz CT molecular complexity index is 697. The molecule has 0 aliphatic heterocycles. The van der Waals surface area contributed by atoms with E-state index < -0.39 is 5.97 Å². The number of benzene rings is 1. The average molecular weight is 283 g/mol. The van der Waals surface area contributed by atoms with Crippen molar-refractivity contribution in [2.24, 2.45) is 0 Å². The van der Waals surface area contributed by atoms with E-state index in [0.717, 1.165) is 22.4 Å². The molecule has 1 aromatic carbocycles. The lowest BCUT2D eigenvalue weighted by atomic mass is 9.87. The summed E-state index contributed by atoms with van der Waals surface area (Å²) in [5, 5.41) is 9.35. The predicted molar refractivity (Wildman–Crippen MR) is 84.8 cm³/mol. The Kier molecular flexibility index (Phi) is 3.86. The Morgan fingerprint density at radius 3 is 2.33 bits per heavy atom. The average Bonchev–Trinajstić information content (AvgIpc) is 2.40. The molecule has 21 heavy (non-hydrogen) atoms. The summed E-state index contributed by atoms with van der Waals surface area (Å²) in [6.45, 7) is 10.0. The van der Waals surface area contributed by atoms with Crippen molar-refractivity contribution in [3.8, 4) is 11.3 Å². The Morgan fingerprint density at radius 1 is 1.10 bits per heavy atom. The number of carboxylic acid groups (broad SMARTS) is 1. The topological polar surface area (TPSA) is 50.2 Å². The van der Waals surface area contributed by atoms with Crippen molar-refractivity contribution in [2.45, 2.75) is 40.0 Å². The van der Waals surface area contributed by atoms with Gasteiger partial charge < -0.3 is 5.11 Å². The number of pyridine rings is 1. The van der Waals surface area contributed by atoms with Gasteiger partial charge in [0.15, 0.2) is 0 Å². The van der Waals surface area contributed by atoms with Crippen LogP contribution in [0.3, 0.4) is 0 Å². The van der Waals surface area contributed by atoms with Crippen molar-refractivity contribution in [1.82, 2.24) is 4.98 Å². The first-order valence-electron chi connectivity index (χ1n) is 7.02. The van der Waals surface area contributed by atoms with Crippen LogP contribution in [0, 0.1) is 13.8 Å². The first-order valence-corrected chi connectivity index (χ1v) is 7.02. The molecule has 0 spiro atoms. The molecule has 1 N–H and O–H groups in total. The first-order chi connectivity index (χ1) is 9.70. The maximum Gasteiger partial charge on any atom is 0.337 e. The molecule has 2 aromatic rings. The van der Waals surface area contributed by atoms with Gasteiger partial charge in [0.2, 0.25) is 0 Å². The van der Waals surface area contributed by atoms with Crippen LogP contribution in [0.15, 0.2) is 30.3 Å². The van der Waals surface area contributed by atoms with E-state index in [4.69, 9.17) is 0 Å². The van der Waals surface area contributed by atoms with E-state index in [1.165, 1.54) is 0 Å². The molecule has 3 nitrogen and oxygen atoms in total. The number of hydrogen-bond donors (Lipinski definition) is 1. The number of hydrogen-bond acceptors (Lipinski definition) is 2. The van der Waals surface area contributed by atoms with Crippen LogP contribution in [0.4, 0.5) is 0 Å². The number of nitrogens with zero attached hydrogens (tertiary/aromatic N) is 1. The van der Waals surface area contributed by atoms with Gasteiger partial charge in [0.1, 0.15) is 0 Å². The third-order valence-electron chi connectivity index (χ3n) is 3.51. The second-order valence-electron chi connectivity index (χ2n) is 6.47. The molecule has 0 radical (unpaired) electrons. The molecular formula is C18H21NO2. The van der Waals surface area contributed by atoms with Crippen molar-refractivity contribution in [3.05, 3.63) is 52.7 Å². The summed E-state index contributed by atoms with van der Waals surface area (Å²) in [5.74, 6) is -0.931. The molecular weight excluding hydrogens is 262 g/mol. The Hall–Kier alpha value is -2.16. The van der Waals surface area contributed by atoms with Gasteiger partial charge >= 0.3 is 5.97 Å². The summed E-state index contributed by atoms with van der Waals surface area (Å²) in [6.07, 6.45) is 0. The molecule has 1 heterocycles. The number of carboxylic acids is 1. The van der Waals surface area contributed by atoms with Gasteiger partial charge in [0, 0.05) is 11.0 Å². The van der Waals surface area contributed by atoms with Gasteiger partial charge in [-0.15, -0.1) is 0 Å². The van der Waals surface area contributed by atoms with Crippen molar-refractivity contribution in [3.63, 3.8) is 0 Å². The van der Waals surface area contributed by atoms with Gasteiger partial charge in [-0.2, -0.15) is 0 Å². The molecule has 0 aliphatic rings. The minimum absolute atomic E-state index is 0.275. The molecule has 0 bridgehead atoms. The van der Waals surface area contributed by atoms with Gasteiger partial charge in [-0.3, -0.25) is 4.98 Å². The highest BCUT2D eigenvalue weighted by Gasteiger charge is 2.24. The van der Waals surface area contributed by atoms with E-state index in [0.29, 0.717) is 5.69 Å². The minimum atomic E-state index is -0.931. The molecule has 2 rings (SSSR count). The zero-order valence-corrected chi connectivity index (χ0v) is 13.2. The highest BCUT2D eigenvalue weighted by atomic mass is 16.4. The van der Waals surface area contributed by atoms with Crippen molar-refractivity contribution >= 4 is 5.97 Å². The maximum atomic E-state index is 11.4. The van der Waals surface area contributed by atoms with Crippen molar-refractivity contribution in [2.75, 3.05) is 0 Å². The number of aryl methyl sites for hydroxylation is 2. The molecule has 0 saturated carbocycles. The molecule has 0 saturated heterocycles. The third-order valence-corrected chi connectivity index (χ3v) is 3.51. The standard InChI is InChI=1S/C18H21NO2/c1-11-6-7-12(2)14(10-11)15-9-8-13(17(20)21)16(19-15)18(3,4)5/h6-10H,1-5H3,(H,20,21). The second kappa shape index (κ2) is 5.32. The van der Waals surface area contributed by atoms with Gasteiger partial charge in [-0.1, -0.05) is 38.5 Å². The lowest BCUT2D eigenvalue weighted by Gasteiger charge is -2.21. The largest absolute Gasteiger partial charge is 0.478 e. The number of carbonyl (C=O) groups is 1. The summed E-state index contributed by atoms with van der Waals surface area (Å²) in [7, 11) is 0. The van der Waals surface area contributed by atoms with Gasteiger partial charge in [-0.25, -0.2) is 4.79 Å². The SMILES string of the molecule is Cc1ccc(C)c(-c2ccc(C(=O)O)c(C(C)(C)C)n2)c1. The van der Waals surface area contributed by atoms with E-state index >= 15 is 0 Å². The Morgan fingerprint density at radius 2 is 1.76 bits per heavy atom. The van der Waals surface area contributed by atoms with E-state index in [9.17, 15) is 9.90 Å². The minimum Gasteiger partial charge on any atom is -0.478 e. The van der Waals surface area contributed by atoms with Crippen LogP contribution in [-0.2, 0) is 5.41 Å². The zero-order valence-electron chi connectivity index (χ0n) is 13.2. The van der Waals surface area contributed by atoms with Gasteiger partial charge in [0.05, 0.1) is 17.0 Å². The van der Waals surface area contributed by atoms with Crippen LogP contribution in [0.1, 0.15) is 48.0 Å². The second-order valence-corrected chi connectivity index (χ2v) is 6.47. The van der Waals surface area contributed by atoms with Crippen LogP contribution in [0.25, 0.3) is 11.3 Å². The fourth-order valence-electron chi connectivity index (χ4n) is 2.37. The maximum absolute atomic E-state index is 11.4. The fraction of sp³-hybridized carbons (Fsp3) is 0.333. The van der Waals surface area contributed by atoms with Crippen molar-refractivity contribution < 1.29 is 9.90 Å². The Labute approximate surface area is 125 Å². The predicted octanol–water partition coefficient (Wildman–Crippen LogP) is 4.36. The molecule has 0 unspecified atom stereocenters. The molecule has 3 heteroatoms. The van der Waals surface area contributed by atoms with E-state index in [1.807, 2.05) is 34.6 Å². The van der Waals surface area contributed by atoms with Gasteiger partial charge in [0.25, 0.3) is 0 Å². The number of aromatic nitrogens is 1. The summed E-state index contributed by atoms with van der Waals surface area (Å²) in [6, 6.07) is 9.67. The van der Waals surface area contributed by atoms with Gasteiger partial charge in [-0.05, 0) is 37.6 Å². The summed E-state index contributed by atoms with van der Waals surface area (Å²) in [5.41, 5.74) is 4.75. The molecule has 0 amide bonds. The Balaban J connectivity index is 2.67. The van der Waals surface area contributed by atoms with E-state index in [2.05, 4.69) is 23.2 Å². The van der Waals surface area contributed by atoms with Crippen LogP contribution < -0.4 is 0 Å². The molecule has 0 aliphatic carbocycles. The smallest absolute Gasteiger partial charge is 0.337 e. The number of rotatable bonds is 2. The lowest BCUT2D eigenvalue weighted by Crippen LogP contribution is -2.19.